The molecular weight excluding hydrogens is 557 g/mol. The van der Waals surface area contributed by atoms with Crippen LogP contribution in [0.15, 0.2) is 54.9 Å². The molecule has 226 valence electrons. The van der Waals surface area contributed by atoms with Crippen LogP contribution in [0.1, 0.15) is 70.2 Å². The number of hydrogen-bond donors (Lipinski definition) is 3. The van der Waals surface area contributed by atoms with Gasteiger partial charge in [-0.2, -0.15) is 23.0 Å². The molecule has 2 atom stereocenters. The van der Waals surface area contributed by atoms with Crippen LogP contribution in [0.2, 0.25) is 0 Å². The number of aliphatic hydroxyl groups excluding tert-OH is 1. The molecule has 0 spiro atoms. The first-order valence-corrected chi connectivity index (χ1v) is 14.4. The van der Waals surface area contributed by atoms with Crippen LogP contribution in [0, 0.1) is 13.8 Å². The fourth-order valence-electron chi connectivity index (χ4n) is 5.34. The summed E-state index contributed by atoms with van der Waals surface area (Å²) >= 11 is 0. The molecule has 1 aliphatic rings. The summed E-state index contributed by atoms with van der Waals surface area (Å²) in [5.74, 6) is 0.868. The van der Waals surface area contributed by atoms with Gasteiger partial charge in [-0.05, 0) is 80.5 Å². The summed E-state index contributed by atoms with van der Waals surface area (Å²) in [6.07, 6.45) is -0.652. The van der Waals surface area contributed by atoms with Gasteiger partial charge in [0.25, 0.3) is 0 Å². The highest BCUT2D eigenvalue weighted by Gasteiger charge is 2.32. The summed E-state index contributed by atoms with van der Waals surface area (Å²) in [5, 5.41) is 21.2. The van der Waals surface area contributed by atoms with Gasteiger partial charge in [-0.25, -0.2) is 9.97 Å². The molecule has 43 heavy (non-hydrogen) atoms. The predicted octanol–water partition coefficient (Wildman–Crippen LogP) is 6.03. The van der Waals surface area contributed by atoms with Gasteiger partial charge in [-0.15, -0.1) is 0 Å². The van der Waals surface area contributed by atoms with Crippen LogP contribution in [0.5, 0.6) is 0 Å². The molecule has 2 heterocycles. The molecule has 0 saturated heterocycles. The van der Waals surface area contributed by atoms with Gasteiger partial charge < -0.3 is 15.7 Å². The number of alkyl halides is 3. The first-order valence-electron chi connectivity index (χ1n) is 14.4. The Hall–Kier alpha value is -4.09. The van der Waals surface area contributed by atoms with Crippen molar-refractivity contribution in [2.24, 2.45) is 0 Å². The Bertz CT molecular complexity index is 1620. The lowest BCUT2D eigenvalue weighted by Gasteiger charge is -2.18. The topological polar surface area (TPSA) is 105 Å². The molecule has 2 aromatic heterocycles. The molecule has 1 saturated carbocycles. The molecule has 3 N–H and O–H groups in total. The molecule has 1 aliphatic carbocycles. The Balaban J connectivity index is 1.37. The maximum atomic E-state index is 13.8. The maximum absolute atomic E-state index is 13.8. The van der Waals surface area contributed by atoms with Crippen molar-refractivity contribution >= 4 is 17.3 Å². The van der Waals surface area contributed by atoms with Crippen LogP contribution in [-0.2, 0) is 25.6 Å². The van der Waals surface area contributed by atoms with Crippen molar-refractivity contribution in [2.75, 3.05) is 5.32 Å². The zero-order chi connectivity index (χ0) is 30.7. The summed E-state index contributed by atoms with van der Waals surface area (Å²) < 4.78 is 42.9. The van der Waals surface area contributed by atoms with E-state index >= 15 is 0 Å². The average molecular weight is 593 g/mol. The third kappa shape index (κ3) is 7.29. The van der Waals surface area contributed by atoms with Gasteiger partial charge in [0, 0.05) is 48.1 Å². The fourth-order valence-corrected chi connectivity index (χ4v) is 5.34. The quantitative estimate of drug-likeness (QED) is 0.193. The van der Waals surface area contributed by atoms with Crippen LogP contribution in [0.25, 0.3) is 5.82 Å². The van der Waals surface area contributed by atoms with Gasteiger partial charge in [-0.3, -0.25) is 4.79 Å². The molecule has 11 heteroatoms. The minimum atomic E-state index is -4.60. The maximum Gasteiger partial charge on any atom is 0.416 e. The number of rotatable bonds is 10. The summed E-state index contributed by atoms with van der Waals surface area (Å²) in [5.41, 5.74) is 3.45. The molecule has 0 bridgehead atoms. The van der Waals surface area contributed by atoms with Crippen molar-refractivity contribution in [1.29, 1.82) is 0 Å². The summed E-state index contributed by atoms with van der Waals surface area (Å²) in [6, 6.07) is 12.6. The van der Waals surface area contributed by atoms with Crippen molar-refractivity contribution in [3.8, 4) is 5.82 Å². The van der Waals surface area contributed by atoms with E-state index in [1.54, 1.807) is 10.7 Å². The van der Waals surface area contributed by atoms with Gasteiger partial charge in [0.1, 0.15) is 12.1 Å². The summed E-state index contributed by atoms with van der Waals surface area (Å²) in [4.78, 5) is 22.0. The number of carbonyl (C=O) groups excluding carboxylic acids is 1. The second-order valence-electron chi connectivity index (χ2n) is 11.1. The summed E-state index contributed by atoms with van der Waals surface area (Å²) in [7, 11) is 0. The number of nitrogens with one attached hydrogen (secondary N) is 2. The van der Waals surface area contributed by atoms with Gasteiger partial charge in [-0.1, -0.05) is 19.1 Å². The van der Waals surface area contributed by atoms with Crippen molar-refractivity contribution in [1.82, 2.24) is 25.1 Å². The van der Waals surface area contributed by atoms with Gasteiger partial charge in [0.15, 0.2) is 11.6 Å². The average Bonchev–Trinajstić information content (AvgIpc) is 3.57. The monoisotopic (exact) mass is 592 g/mol. The second-order valence-corrected chi connectivity index (χ2v) is 11.1. The number of benzene rings is 2. The highest BCUT2D eigenvalue weighted by molar-refractivity contribution is 5.98. The Labute approximate surface area is 248 Å². The van der Waals surface area contributed by atoms with E-state index in [4.69, 9.17) is 0 Å². The van der Waals surface area contributed by atoms with Gasteiger partial charge in [0.2, 0.25) is 0 Å². The fraction of sp³-hybridized carbons (Fsp3) is 0.375. The number of ketones is 1. The zero-order valence-corrected chi connectivity index (χ0v) is 24.4. The van der Waals surface area contributed by atoms with Gasteiger partial charge in [0.05, 0.1) is 17.4 Å². The van der Waals surface area contributed by atoms with Crippen LogP contribution < -0.4 is 10.6 Å². The highest BCUT2D eigenvalue weighted by Crippen LogP contribution is 2.32. The minimum absolute atomic E-state index is 0.00197. The van der Waals surface area contributed by atoms with E-state index in [-0.39, 0.29) is 24.6 Å². The first kappa shape index (κ1) is 30.4. The normalized spacial score (nSPS) is 16.9. The number of nitrogens with zero attached hydrogens (tertiary/aromatic N) is 4. The smallest absolute Gasteiger partial charge is 0.392 e. The van der Waals surface area contributed by atoms with Crippen LogP contribution in [0.4, 0.5) is 24.7 Å². The number of aromatic nitrogens is 4. The Morgan fingerprint density at radius 3 is 2.58 bits per heavy atom. The molecule has 8 nitrogen and oxygen atoms in total. The summed E-state index contributed by atoms with van der Waals surface area (Å²) in [6.45, 7) is 5.94. The molecular formula is C32H35F3N6O2. The molecule has 0 unspecified atom stereocenters. The highest BCUT2D eigenvalue weighted by atomic mass is 19.4. The molecule has 0 aliphatic heterocycles. The van der Waals surface area contributed by atoms with E-state index in [9.17, 15) is 23.1 Å². The molecule has 4 aromatic rings. The number of halogens is 3. The molecule has 0 radical (unpaired) electrons. The third-order valence-electron chi connectivity index (χ3n) is 7.74. The van der Waals surface area contributed by atoms with E-state index < -0.39 is 23.6 Å². The molecule has 2 aromatic carbocycles. The number of hydrogen-bond acceptors (Lipinski definition) is 7. The van der Waals surface area contributed by atoms with E-state index in [2.05, 4.69) is 25.7 Å². The number of aryl methyl sites for hydroxylation is 3. The third-order valence-corrected chi connectivity index (χ3v) is 7.74. The minimum Gasteiger partial charge on any atom is -0.392 e. The largest absolute Gasteiger partial charge is 0.416 e. The molecule has 5 rings (SSSR count). The van der Waals surface area contributed by atoms with E-state index in [0.29, 0.717) is 29.2 Å². The van der Waals surface area contributed by atoms with E-state index in [1.807, 2.05) is 45.0 Å². The molecule has 0 amide bonds. The number of aliphatic hydroxyl groups is 1. The SMILES string of the molecule is CCc1cc(-n2nc(C)cc2Nc2cc(CC(=O)c3cc(CN[C@H]4CCC[C@H]4O)cc(C(F)(F)F)c3)ccc2C)ncn1. The van der Waals surface area contributed by atoms with Crippen molar-refractivity contribution in [3.05, 3.63) is 94.1 Å². The lowest BCUT2D eigenvalue weighted by molar-refractivity contribution is -0.137. The van der Waals surface area contributed by atoms with Crippen molar-refractivity contribution in [2.45, 2.75) is 77.7 Å². The van der Waals surface area contributed by atoms with E-state index in [0.717, 1.165) is 54.0 Å². The van der Waals surface area contributed by atoms with Crippen LogP contribution in [0.3, 0.4) is 0 Å². The lowest BCUT2D eigenvalue weighted by atomic mass is 9.97. The molecule has 1 fully saturated rings. The predicted molar refractivity (Wildman–Crippen MR) is 158 cm³/mol. The standard InChI is InChI=1S/C32H35F3N6O2/c1-4-25-16-30(38-18-37-25)41-31(10-20(3)40-41)39-27-13-21(9-8-19(27)2)14-29(43)23-11-22(12-24(15-23)32(33,34)35)17-36-26-6-5-7-28(26)42/h8-13,15-16,18,26,28,36,39,42H,4-7,14,17H2,1-3H3/t26-,28+/m0/s1. The van der Waals surface area contributed by atoms with Crippen molar-refractivity contribution < 1.29 is 23.1 Å². The first-order chi connectivity index (χ1) is 20.5. The Kier molecular flexibility index (Phi) is 8.93. The number of anilines is 2. The Morgan fingerprint density at radius 1 is 1.05 bits per heavy atom. The van der Waals surface area contributed by atoms with Crippen LogP contribution in [-0.4, -0.2) is 42.8 Å². The number of Topliss-reactive ketones (excluding diaryl/α,β-unsaturated/α-hetero) is 1. The zero-order valence-electron chi connectivity index (χ0n) is 24.4. The Morgan fingerprint density at radius 2 is 1.86 bits per heavy atom. The van der Waals surface area contributed by atoms with Crippen molar-refractivity contribution in [3.63, 3.8) is 0 Å². The van der Waals surface area contributed by atoms with Gasteiger partial charge >= 0.3 is 6.18 Å². The van der Waals surface area contributed by atoms with E-state index in [1.165, 1.54) is 12.4 Å². The van der Waals surface area contributed by atoms with Crippen LogP contribution >= 0.6 is 0 Å². The number of carbonyl (C=O) groups is 1. The second kappa shape index (κ2) is 12.6. The lowest BCUT2D eigenvalue weighted by Crippen LogP contribution is -2.35.